The van der Waals surface area contributed by atoms with E-state index in [1.165, 1.54) is 7.11 Å². The average molecular weight is 389 g/mol. The van der Waals surface area contributed by atoms with Crippen molar-refractivity contribution in [2.75, 3.05) is 7.11 Å². The summed E-state index contributed by atoms with van der Waals surface area (Å²) in [5.74, 6) is -0.710. The average Bonchev–Trinajstić information content (AvgIpc) is 3.00. The number of para-hydroxylation sites is 1. The quantitative estimate of drug-likeness (QED) is 0.480. The summed E-state index contributed by atoms with van der Waals surface area (Å²) < 4.78 is 10.4. The van der Waals surface area contributed by atoms with Crippen LogP contribution in [0.1, 0.15) is 56.8 Å². The van der Waals surface area contributed by atoms with E-state index in [-0.39, 0.29) is 18.5 Å². The number of ether oxygens (including phenoxy) is 2. The van der Waals surface area contributed by atoms with E-state index < -0.39 is 0 Å². The maximum absolute atomic E-state index is 13.1. The van der Waals surface area contributed by atoms with Gasteiger partial charge < -0.3 is 9.47 Å². The number of hydrogen-bond donors (Lipinski definition) is 0. The number of carbonyl (C=O) groups is 2. The molecule has 0 aliphatic heterocycles. The number of hydrogen-bond acceptors (Lipinski definition) is 5. The maximum atomic E-state index is 13.1. The number of benzene rings is 2. The molecule has 0 unspecified atom stereocenters. The zero-order chi connectivity index (χ0) is 20.2. The van der Waals surface area contributed by atoms with Crippen LogP contribution in [0.15, 0.2) is 48.5 Å². The van der Waals surface area contributed by atoms with E-state index in [2.05, 4.69) is 0 Å². The van der Waals surface area contributed by atoms with Crippen molar-refractivity contribution in [3.8, 4) is 0 Å². The van der Waals surface area contributed by atoms with Gasteiger partial charge in [0.05, 0.1) is 23.8 Å². The van der Waals surface area contributed by atoms with Gasteiger partial charge in [0.15, 0.2) is 0 Å². The van der Waals surface area contributed by atoms with Crippen molar-refractivity contribution in [2.45, 2.75) is 38.7 Å². The topological polar surface area (TPSA) is 65.5 Å². The molecule has 0 saturated heterocycles. The van der Waals surface area contributed by atoms with Crippen molar-refractivity contribution in [3.63, 3.8) is 0 Å². The molecule has 3 aromatic rings. The number of nitrogens with zero attached hydrogens (tertiary/aromatic N) is 1. The van der Waals surface area contributed by atoms with Gasteiger partial charge in [0, 0.05) is 11.1 Å². The summed E-state index contributed by atoms with van der Waals surface area (Å²) in [6.07, 6.45) is 5.05. The maximum Gasteiger partial charge on any atom is 0.339 e. The molecule has 1 aliphatic carbocycles. The van der Waals surface area contributed by atoms with Gasteiger partial charge >= 0.3 is 11.9 Å². The molecule has 0 atom stereocenters. The van der Waals surface area contributed by atoms with Crippen LogP contribution in [0.25, 0.3) is 10.9 Å². The highest BCUT2D eigenvalue weighted by Gasteiger charge is 2.22. The predicted molar refractivity (Wildman–Crippen MR) is 110 cm³/mol. The third-order valence-corrected chi connectivity index (χ3v) is 5.37. The van der Waals surface area contributed by atoms with Gasteiger partial charge in [-0.1, -0.05) is 36.8 Å². The first kappa shape index (κ1) is 19.1. The molecule has 5 heteroatoms. The van der Waals surface area contributed by atoms with Gasteiger partial charge in [-0.05, 0) is 55.0 Å². The van der Waals surface area contributed by atoms with Crippen molar-refractivity contribution in [1.82, 2.24) is 4.98 Å². The van der Waals surface area contributed by atoms with Crippen LogP contribution in [0.4, 0.5) is 0 Å². The summed E-state index contributed by atoms with van der Waals surface area (Å²) in [6.45, 7) is 0.145. The number of carbonyl (C=O) groups excluding carboxylic acids is 2. The normalized spacial score (nSPS) is 13.4. The molecule has 0 radical (unpaired) electrons. The fraction of sp³-hybridized carbons (Fsp3) is 0.292. The Balaban J connectivity index is 1.61. The number of aromatic nitrogens is 1. The smallest absolute Gasteiger partial charge is 0.339 e. The molecule has 1 aliphatic rings. The number of fused-ring (bicyclic) bond motifs is 2. The third kappa shape index (κ3) is 3.99. The van der Waals surface area contributed by atoms with Crippen molar-refractivity contribution < 1.29 is 19.1 Å². The highest BCUT2D eigenvalue weighted by molar-refractivity contribution is 6.05. The summed E-state index contributed by atoms with van der Waals surface area (Å²) in [5, 5.41) is 0.846. The van der Waals surface area contributed by atoms with E-state index in [1.54, 1.807) is 24.3 Å². The molecule has 0 bridgehead atoms. The van der Waals surface area contributed by atoms with Crippen LogP contribution in [-0.4, -0.2) is 24.0 Å². The molecule has 4 rings (SSSR count). The van der Waals surface area contributed by atoms with Gasteiger partial charge in [0.2, 0.25) is 0 Å². The van der Waals surface area contributed by atoms with Gasteiger partial charge in [0.25, 0.3) is 0 Å². The molecule has 148 valence electrons. The van der Waals surface area contributed by atoms with Gasteiger partial charge in [-0.3, -0.25) is 4.98 Å². The summed E-state index contributed by atoms with van der Waals surface area (Å²) in [7, 11) is 1.35. The Morgan fingerprint density at radius 1 is 0.931 bits per heavy atom. The lowest BCUT2D eigenvalue weighted by Gasteiger charge is -2.15. The van der Waals surface area contributed by atoms with Crippen LogP contribution < -0.4 is 0 Å². The lowest BCUT2D eigenvalue weighted by atomic mass is 9.97. The molecule has 5 nitrogen and oxygen atoms in total. The van der Waals surface area contributed by atoms with E-state index in [4.69, 9.17) is 14.5 Å². The molecular weight excluding hydrogens is 366 g/mol. The lowest BCUT2D eigenvalue weighted by Crippen LogP contribution is -2.12. The Morgan fingerprint density at radius 2 is 1.69 bits per heavy atom. The van der Waals surface area contributed by atoms with E-state index in [1.807, 2.05) is 24.3 Å². The molecule has 0 fully saturated rings. The second-order valence-corrected chi connectivity index (χ2v) is 7.25. The first-order valence-electron chi connectivity index (χ1n) is 9.92. The van der Waals surface area contributed by atoms with Crippen LogP contribution in [0.5, 0.6) is 0 Å². The molecule has 1 heterocycles. The molecule has 1 aromatic heterocycles. The second kappa shape index (κ2) is 8.43. The minimum Gasteiger partial charge on any atom is -0.465 e. The number of methoxy groups -OCH3 is 1. The Kier molecular flexibility index (Phi) is 5.56. The largest absolute Gasteiger partial charge is 0.465 e. The highest BCUT2D eigenvalue weighted by atomic mass is 16.5. The molecule has 0 spiro atoms. The van der Waals surface area contributed by atoms with E-state index in [0.29, 0.717) is 11.1 Å². The Bertz CT molecular complexity index is 1060. The van der Waals surface area contributed by atoms with Crippen molar-refractivity contribution in [1.29, 1.82) is 0 Å². The molecule has 0 N–H and O–H groups in total. The van der Waals surface area contributed by atoms with Gasteiger partial charge in [-0.15, -0.1) is 0 Å². The van der Waals surface area contributed by atoms with Crippen LogP contribution >= 0.6 is 0 Å². The monoisotopic (exact) mass is 389 g/mol. The molecule has 0 saturated carbocycles. The van der Waals surface area contributed by atoms with Crippen LogP contribution in [-0.2, 0) is 28.9 Å². The Morgan fingerprint density at radius 3 is 2.48 bits per heavy atom. The number of aryl methyl sites for hydroxylation is 1. The van der Waals surface area contributed by atoms with Crippen LogP contribution in [0.3, 0.4) is 0 Å². The second-order valence-electron chi connectivity index (χ2n) is 7.25. The number of pyridine rings is 1. The summed E-state index contributed by atoms with van der Waals surface area (Å²) in [6, 6.07) is 14.6. The number of rotatable bonds is 4. The highest BCUT2D eigenvalue weighted by Crippen LogP contribution is 2.29. The summed E-state index contributed by atoms with van der Waals surface area (Å²) in [4.78, 5) is 29.5. The predicted octanol–water partition coefficient (Wildman–Crippen LogP) is 4.65. The molecule has 2 aromatic carbocycles. The van der Waals surface area contributed by atoms with E-state index in [9.17, 15) is 9.59 Å². The molecular formula is C24H23NO4. The summed E-state index contributed by atoms with van der Waals surface area (Å²) in [5.41, 5.74) is 4.83. The fourth-order valence-corrected chi connectivity index (χ4v) is 3.86. The first-order valence-corrected chi connectivity index (χ1v) is 9.92. The third-order valence-electron chi connectivity index (χ3n) is 5.37. The zero-order valence-corrected chi connectivity index (χ0v) is 16.4. The minimum absolute atomic E-state index is 0.145. The van der Waals surface area contributed by atoms with Crippen LogP contribution in [0.2, 0.25) is 0 Å². The standard InChI is InChI=1S/C24H23NO4/c1-28-23(26)17-13-11-16(12-14-17)15-29-24(27)22-18-7-3-2-4-9-20(18)25-21-10-6-5-8-19(21)22/h5-6,8,10-14H,2-4,7,9,15H2,1H3. The zero-order valence-electron chi connectivity index (χ0n) is 16.4. The van der Waals surface area contributed by atoms with Gasteiger partial charge in [-0.2, -0.15) is 0 Å². The molecule has 0 amide bonds. The lowest BCUT2D eigenvalue weighted by molar-refractivity contribution is 0.0472. The van der Waals surface area contributed by atoms with E-state index >= 15 is 0 Å². The van der Waals surface area contributed by atoms with Crippen molar-refractivity contribution in [3.05, 3.63) is 76.5 Å². The van der Waals surface area contributed by atoms with Crippen molar-refractivity contribution >= 4 is 22.8 Å². The Labute approximate surface area is 169 Å². The Hall–Kier alpha value is -3.21. The van der Waals surface area contributed by atoms with E-state index in [0.717, 1.165) is 59.8 Å². The summed E-state index contributed by atoms with van der Waals surface area (Å²) >= 11 is 0. The number of esters is 2. The van der Waals surface area contributed by atoms with Crippen LogP contribution in [0, 0.1) is 0 Å². The minimum atomic E-state index is -0.389. The molecule has 29 heavy (non-hydrogen) atoms. The van der Waals surface area contributed by atoms with Gasteiger partial charge in [0.1, 0.15) is 6.61 Å². The van der Waals surface area contributed by atoms with Gasteiger partial charge in [-0.25, -0.2) is 9.59 Å². The fourth-order valence-electron chi connectivity index (χ4n) is 3.86. The SMILES string of the molecule is COC(=O)c1ccc(COC(=O)c2c3c(nc4ccccc24)CCCCC3)cc1. The van der Waals surface area contributed by atoms with Crippen molar-refractivity contribution in [2.24, 2.45) is 0 Å². The first-order chi connectivity index (χ1) is 14.2.